The van der Waals surface area contributed by atoms with Gasteiger partial charge in [0, 0.05) is 12.2 Å². The minimum atomic E-state index is 0.872. The van der Waals surface area contributed by atoms with Crippen molar-refractivity contribution in [3.05, 3.63) is 23.8 Å². The predicted octanol–water partition coefficient (Wildman–Crippen LogP) is 3.29. The van der Waals surface area contributed by atoms with E-state index in [1.54, 1.807) is 7.11 Å². The molecule has 0 amide bonds. The highest BCUT2D eigenvalue weighted by molar-refractivity contribution is 5.50. The maximum Gasteiger partial charge on any atom is 0.119 e. The molecule has 19 heavy (non-hydrogen) atoms. The van der Waals surface area contributed by atoms with Crippen molar-refractivity contribution in [3.63, 3.8) is 0 Å². The fourth-order valence-corrected chi connectivity index (χ4v) is 2.93. The first kappa shape index (κ1) is 14.2. The molecule has 3 heteroatoms. The quantitative estimate of drug-likeness (QED) is 0.828. The van der Waals surface area contributed by atoms with Crippen LogP contribution in [0.4, 0.5) is 5.69 Å². The van der Waals surface area contributed by atoms with E-state index in [4.69, 9.17) is 10.5 Å². The molecule has 2 N–H and O–H groups in total. The van der Waals surface area contributed by atoms with Crippen molar-refractivity contribution in [3.8, 4) is 5.75 Å². The minimum absolute atomic E-state index is 0.872. The summed E-state index contributed by atoms with van der Waals surface area (Å²) in [4.78, 5) is 2.51. The monoisotopic (exact) mass is 262 g/mol. The van der Waals surface area contributed by atoms with Crippen LogP contribution in [0, 0.1) is 5.92 Å². The Morgan fingerprint density at radius 2 is 2.05 bits per heavy atom. The standard InChI is InChI=1S/C16H26N2O/c1-3-4-13-7-9-18(10-8-13)12-14-11-15(19-2)5-6-16(14)17/h5-6,11,13H,3-4,7-10,12,17H2,1-2H3. The third-order valence-electron chi connectivity index (χ3n) is 4.15. The molecule has 2 rings (SSSR count). The highest BCUT2D eigenvalue weighted by Gasteiger charge is 2.19. The van der Waals surface area contributed by atoms with Gasteiger partial charge < -0.3 is 10.5 Å². The van der Waals surface area contributed by atoms with Gasteiger partial charge in [-0.15, -0.1) is 0 Å². The molecule has 1 aliphatic rings. The summed E-state index contributed by atoms with van der Waals surface area (Å²) in [5, 5.41) is 0. The van der Waals surface area contributed by atoms with Crippen LogP contribution in [-0.2, 0) is 6.54 Å². The van der Waals surface area contributed by atoms with E-state index in [0.717, 1.165) is 23.9 Å². The van der Waals surface area contributed by atoms with Crippen LogP contribution in [0.25, 0.3) is 0 Å². The topological polar surface area (TPSA) is 38.5 Å². The number of ether oxygens (including phenoxy) is 1. The van der Waals surface area contributed by atoms with Gasteiger partial charge in [0.2, 0.25) is 0 Å². The van der Waals surface area contributed by atoms with Gasteiger partial charge in [0.05, 0.1) is 7.11 Å². The lowest BCUT2D eigenvalue weighted by molar-refractivity contribution is 0.172. The molecule has 1 aromatic carbocycles. The number of anilines is 1. The molecule has 0 radical (unpaired) electrons. The first-order chi connectivity index (χ1) is 9.22. The van der Waals surface area contributed by atoms with Crippen LogP contribution in [0.2, 0.25) is 0 Å². The molecule has 1 aromatic rings. The number of benzene rings is 1. The second-order valence-electron chi connectivity index (χ2n) is 5.57. The van der Waals surface area contributed by atoms with Gasteiger partial charge in [-0.1, -0.05) is 19.8 Å². The van der Waals surface area contributed by atoms with E-state index >= 15 is 0 Å². The number of piperidine rings is 1. The largest absolute Gasteiger partial charge is 0.497 e. The number of rotatable bonds is 5. The molecular weight excluding hydrogens is 236 g/mol. The Morgan fingerprint density at radius 1 is 1.32 bits per heavy atom. The van der Waals surface area contributed by atoms with Gasteiger partial charge in [0.25, 0.3) is 0 Å². The van der Waals surface area contributed by atoms with E-state index in [0.29, 0.717) is 0 Å². The summed E-state index contributed by atoms with van der Waals surface area (Å²) < 4.78 is 5.27. The van der Waals surface area contributed by atoms with E-state index < -0.39 is 0 Å². The zero-order chi connectivity index (χ0) is 13.7. The van der Waals surface area contributed by atoms with Crippen LogP contribution in [0.3, 0.4) is 0 Å². The van der Waals surface area contributed by atoms with E-state index in [-0.39, 0.29) is 0 Å². The van der Waals surface area contributed by atoms with Crippen LogP contribution < -0.4 is 10.5 Å². The van der Waals surface area contributed by atoms with Crippen LogP contribution >= 0.6 is 0 Å². The maximum atomic E-state index is 6.05. The number of methoxy groups -OCH3 is 1. The molecule has 0 aromatic heterocycles. The third-order valence-corrected chi connectivity index (χ3v) is 4.15. The maximum absolute atomic E-state index is 6.05. The van der Waals surface area contributed by atoms with E-state index in [1.807, 2.05) is 12.1 Å². The third kappa shape index (κ3) is 3.87. The first-order valence-corrected chi connectivity index (χ1v) is 7.37. The Morgan fingerprint density at radius 3 is 2.68 bits per heavy atom. The second kappa shape index (κ2) is 6.80. The molecule has 0 spiro atoms. The molecule has 1 aliphatic heterocycles. The molecule has 1 heterocycles. The summed E-state index contributed by atoms with van der Waals surface area (Å²) in [5.74, 6) is 1.83. The van der Waals surface area contributed by atoms with E-state index in [2.05, 4.69) is 17.9 Å². The van der Waals surface area contributed by atoms with Crippen LogP contribution in [0.15, 0.2) is 18.2 Å². The van der Waals surface area contributed by atoms with Gasteiger partial charge in [-0.05, 0) is 55.6 Å². The molecule has 0 unspecified atom stereocenters. The Bertz CT molecular complexity index is 398. The first-order valence-electron chi connectivity index (χ1n) is 7.37. The summed E-state index contributed by atoms with van der Waals surface area (Å²) in [6, 6.07) is 5.93. The van der Waals surface area contributed by atoms with Gasteiger partial charge in [-0.3, -0.25) is 4.90 Å². The van der Waals surface area contributed by atoms with Crippen molar-refractivity contribution in [1.29, 1.82) is 0 Å². The second-order valence-corrected chi connectivity index (χ2v) is 5.57. The molecule has 0 aliphatic carbocycles. The smallest absolute Gasteiger partial charge is 0.119 e. The number of nitrogen functional groups attached to an aromatic ring is 1. The fourth-order valence-electron chi connectivity index (χ4n) is 2.93. The fraction of sp³-hybridized carbons (Fsp3) is 0.625. The lowest BCUT2D eigenvalue weighted by Gasteiger charge is -2.32. The number of hydrogen-bond donors (Lipinski definition) is 1. The van der Waals surface area contributed by atoms with Gasteiger partial charge in [0.15, 0.2) is 0 Å². The van der Waals surface area contributed by atoms with Crippen molar-refractivity contribution in [1.82, 2.24) is 4.90 Å². The highest BCUT2D eigenvalue weighted by atomic mass is 16.5. The Balaban J connectivity index is 1.91. The minimum Gasteiger partial charge on any atom is -0.497 e. The van der Waals surface area contributed by atoms with Crippen LogP contribution in [0.1, 0.15) is 38.2 Å². The lowest BCUT2D eigenvalue weighted by Crippen LogP contribution is -2.33. The van der Waals surface area contributed by atoms with Gasteiger partial charge in [-0.2, -0.15) is 0 Å². The number of nitrogens with two attached hydrogens (primary N) is 1. The van der Waals surface area contributed by atoms with Gasteiger partial charge in [-0.25, -0.2) is 0 Å². The Kier molecular flexibility index (Phi) is 5.08. The number of nitrogens with zero attached hydrogens (tertiary/aromatic N) is 1. The molecule has 0 saturated carbocycles. The Labute approximate surface area is 116 Å². The molecule has 106 valence electrons. The summed E-state index contributed by atoms with van der Waals surface area (Å²) in [6.07, 6.45) is 5.36. The molecule has 1 saturated heterocycles. The SMILES string of the molecule is CCCC1CCN(Cc2cc(OC)ccc2N)CC1. The number of hydrogen-bond acceptors (Lipinski definition) is 3. The number of likely N-dealkylation sites (tertiary alicyclic amines) is 1. The summed E-state index contributed by atoms with van der Waals surface area (Å²) in [6.45, 7) is 5.62. The molecule has 1 fully saturated rings. The van der Waals surface area contributed by atoms with Gasteiger partial charge >= 0.3 is 0 Å². The lowest BCUT2D eigenvalue weighted by atomic mass is 9.92. The van der Waals surface area contributed by atoms with E-state index in [1.165, 1.54) is 44.3 Å². The van der Waals surface area contributed by atoms with Crippen molar-refractivity contribution in [2.24, 2.45) is 5.92 Å². The highest BCUT2D eigenvalue weighted by Crippen LogP contribution is 2.25. The average molecular weight is 262 g/mol. The molecule has 0 bridgehead atoms. The molecule has 3 nitrogen and oxygen atoms in total. The molecular formula is C16H26N2O. The van der Waals surface area contributed by atoms with Crippen molar-refractivity contribution >= 4 is 5.69 Å². The van der Waals surface area contributed by atoms with Crippen LogP contribution in [-0.4, -0.2) is 25.1 Å². The Hall–Kier alpha value is -1.22. The zero-order valence-electron chi connectivity index (χ0n) is 12.2. The summed E-state index contributed by atoms with van der Waals surface area (Å²) in [5.41, 5.74) is 8.11. The normalized spacial score (nSPS) is 17.6. The van der Waals surface area contributed by atoms with E-state index in [9.17, 15) is 0 Å². The summed E-state index contributed by atoms with van der Waals surface area (Å²) in [7, 11) is 1.70. The molecule has 0 atom stereocenters. The zero-order valence-corrected chi connectivity index (χ0v) is 12.2. The average Bonchev–Trinajstić information content (AvgIpc) is 2.44. The van der Waals surface area contributed by atoms with Gasteiger partial charge in [0.1, 0.15) is 5.75 Å². The summed E-state index contributed by atoms with van der Waals surface area (Å²) >= 11 is 0. The van der Waals surface area contributed by atoms with Crippen LogP contribution in [0.5, 0.6) is 5.75 Å². The predicted molar refractivity (Wildman–Crippen MR) is 80.3 cm³/mol. The van der Waals surface area contributed by atoms with Crippen molar-refractivity contribution in [2.75, 3.05) is 25.9 Å². The van der Waals surface area contributed by atoms with Crippen molar-refractivity contribution < 1.29 is 4.74 Å². The van der Waals surface area contributed by atoms with Crippen molar-refractivity contribution in [2.45, 2.75) is 39.2 Å².